The van der Waals surface area contributed by atoms with E-state index in [2.05, 4.69) is 0 Å². The molecule has 0 saturated heterocycles. The summed E-state index contributed by atoms with van der Waals surface area (Å²) in [5.41, 5.74) is 1.67. The number of ether oxygens (including phenoxy) is 3. The van der Waals surface area contributed by atoms with Gasteiger partial charge in [-0.25, -0.2) is 4.98 Å². The quantitative estimate of drug-likeness (QED) is 0.282. The van der Waals surface area contributed by atoms with E-state index in [0.717, 1.165) is 23.5 Å². The molecule has 7 heteroatoms. The maximum Gasteiger partial charge on any atom is 0.262 e. The van der Waals surface area contributed by atoms with Crippen molar-refractivity contribution < 1.29 is 14.2 Å². The number of benzene rings is 2. The van der Waals surface area contributed by atoms with Crippen molar-refractivity contribution in [2.45, 2.75) is 30.8 Å². The van der Waals surface area contributed by atoms with Gasteiger partial charge in [-0.3, -0.25) is 9.36 Å². The largest absolute Gasteiger partial charge is 0.497 e. The summed E-state index contributed by atoms with van der Waals surface area (Å²) in [6.45, 7) is 3.81. The molecule has 0 aliphatic carbocycles. The van der Waals surface area contributed by atoms with Gasteiger partial charge in [0.05, 0.1) is 25.1 Å². The van der Waals surface area contributed by atoms with Gasteiger partial charge < -0.3 is 14.2 Å². The minimum absolute atomic E-state index is 0.0211. The maximum absolute atomic E-state index is 13.1. The lowest BCUT2D eigenvalue weighted by atomic mass is 10.2. The molecule has 0 aliphatic heterocycles. The number of para-hydroxylation sites is 1. The zero-order valence-corrected chi connectivity index (χ0v) is 17.8. The van der Waals surface area contributed by atoms with Crippen molar-refractivity contribution in [1.82, 2.24) is 9.55 Å². The first-order chi connectivity index (χ1) is 14.2. The number of rotatable bonds is 10. The van der Waals surface area contributed by atoms with Crippen LogP contribution in [0.1, 0.15) is 18.9 Å². The van der Waals surface area contributed by atoms with E-state index in [9.17, 15) is 4.79 Å². The highest BCUT2D eigenvalue weighted by Crippen LogP contribution is 2.30. The smallest absolute Gasteiger partial charge is 0.262 e. The highest BCUT2D eigenvalue weighted by Gasteiger charge is 2.13. The van der Waals surface area contributed by atoms with Crippen molar-refractivity contribution >= 4 is 22.7 Å². The molecular formula is C22H26N2O4S. The van der Waals surface area contributed by atoms with Crippen LogP contribution in [0.25, 0.3) is 10.9 Å². The molecule has 0 fully saturated rings. The second kappa shape index (κ2) is 10.3. The minimum Gasteiger partial charge on any atom is -0.497 e. The van der Waals surface area contributed by atoms with Crippen LogP contribution >= 0.6 is 11.8 Å². The summed E-state index contributed by atoms with van der Waals surface area (Å²) in [7, 11) is 3.29. The molecule has 0 unspecified atom stereocenters. The summed E-state index contributed by atoms with van der Waals surface area (Å²) in [6, 6.07) is 13.2. The second-order valence-corrected chi connectivity index (χ2v) is 7.33. The predicted octanol–water partition coefficient (Wildman–Crippen LogP) is 4.13. The third kappa shape index (κ3) is 5.10. The number of methoxy groups -OCH3 is 2. The zero-order chi connectivity index (χ0) is 20.6. The molecule has 6 nitrogen and oxygen atoms in total. The highest BCUT2D eigenvalue weighted by molar-refractivity contribution is 7.98. The Morgan fingerprint density at radius 2 is 1.93 bits per heavy atom. The van der Waals surface area contributed by atoms with Crippen LogP contribution in [0.4, 0.5) is 0 Å². The van der Waals surface area contributed by atoms with E-state index in [0.29, 0.717) is 41.6 Å². The third-order valence-electron chi connectivity index (χ3n) is 4.55. The van der Waals surface area contributed by atoms with Crippen molar-refractivity contribution in [3.63, 3.8) is 0 Å². The summed E-state index contributed by atoms with van der Waals surface area (Å²) in [5.74, 6) is 2.16. The molecule has 0 N–H and O–H groups in total. The standard InChI is InChI=1S/C22H26N2O4S/c1-4-28-13-7-12-24-21(25)18-8-5-6-9-19(18)23-22(24)29-15-16-14-17(26-2)10-11-20(16)27-3/h5-6,8-11,14H,4,7,12-13,15H2,1-3H3. The van der Waals surface area contributed by atoms with E-state index in [-0.39, 0.29) is 5.56 Å². The molecule has 0 atom stereocenters. The van der Waals surface area contributed by atoms with Crippen molar-refractivity contribution in [2.75, 3.05) is 27.4 Å². The molecule has 0 radical (unpaired) electrons. The molecule has 3 aromatic rings. The molecule has 1 heterocycles. The lowest BCUT2D eigenvalue weighted by Crippen LogP contribution is -2.24. The van der Waals surface area contributed by atoms with Crippen LogP contribution in [-0.2, 0) is 17.0 Å². The van der Waals surface area contributed by atoms with Gasteiger partial charge in [0.1, 0.15) is 11.5 Å². The first kappa shape index (κ1) is 21.2. The van der Waals surface area contributed by atoms with Crippen LogP contribution in [0.2, 0.25) is 0 Å². The molecule has 0 bridgehead atoms. The highest BCUT2D eigenvalue weighted by atomic mass is 32.2. The first-order valence-electron chi connectivity index (χ1n) is 9.59. The molecule has 1 aromatic heterocycles. The summed E-state index contributed by atoms with van der Waals surface area (Å²) in [4.78, 5) is 17.8. The average molecular weight is 415 g/mol. The Balaban J connectivity index is 1.92. The van der Waals surface area contributed by atoms with E-state index in [1.54, 1.807) is 18.8 Å². The fourth-order valence-electron chi connectivity index (χ4n) is 3.06. The van der Waals surface area contributed by atoms with Crippen molar-refractivity contribution in [1.29, 1.82) is 0 Å². The monoisotopic (exact) mass is 414 g/mol. The van der Waals surface area contributed by atoms with Crippen LogP contribution in [0.5, 0.6) is 11.5 Å². The fourth-order valence-corrected chi connectivity index (χ4v) is 4.06. The molecule has 29 heavy (non-hydrogen) atoms. The van der Waals surface area contributed by atoms with Gasteiger partial charge in [0, 0.05) is 31.1 Å². The Morgan fingerprint density at radius 1 is 1.10 bits per heavy atom. The van der Waals surface area contributed by atoms with E-state index in [1.165, 1.54) is 11.8 Å². The molecule has 0 amide bonds. The Bertz CT molecular complexity index is 1020. The molecule has 2 aromatic carbocycles. The Labute approximate surface area is 174 Å². The van der Waals surface area contributed by atoms with Gasteiger partial charge in [-0.1, -0.05) is 23.9 Å². The number of fused-ring (bicyclic) bond motifs is 1. The second-order valence-electron chi connectivity index (χ2n) is 6.39. The van der Waals surface area contributed by atoms with Crippen LogP contribution in [0.15, 0.2) is 52.4 Å². The summed E-state index contributed by atoms with van der Waals surface area (Å²) in [5, 5.41) is 1.32. The fraction of sp³-hybridized carbons (Fsp3) is 0.364. The molecule has 0 spiro atoms. The number of thioether (sulfide) groups is 1. The Hall–Kier alpha value is -2.51. The molecule has 154 valence electrons. The molecule has 0 aliphatic rings. The molecule has 3 rings (SSSR count). The SMILES string of the molecule is CCOCCCn1c(SCc2cc(OC)ccc2OC)nc2ccccc2c1=O. The number of hydrogen-bond acceptors (Lipinski definition) is 6. The third-order valence-corrected chi connectivity index (χ3v) is 5.57. The van der Waals surface area contributed by atoms with Gasteiger partial charge >= 0.3 is 0 Å². The van der Waals surface area contributed by atoms with Gasteiger partial charge in [0.2, 0.25) is 0 Å². The van der Waals surface area contributed by atoms with Crippen molar-refractivity contribution in [3.8, 4) is 11.5 Å². The number of aromatic nitrogens is 2. The summed E-state index contributed by atoms with van der Waals surface area (Å²) >= 11 is 1.52. The minimum atomic E-state index is -0.0211. The topological polar surface area (TPSA) is 62.6 Å². The van der Waals surface area contributed by atoms with E-state index in [4.69, 9.17) is 19.2 Å². The zero-order valence-electron chi connectivity index (χ0n) is 17.0. The summed E-state index contributed by atoms with van der Waals surface area (Å²) < 4.78 is 18.0. The molecule has 0 saturated carbocycles. The van der Waals surface area contributed by atoms with E-state index >= 15 is 0 Å². The van der Waals surface area contributed by atoms with Gasteiger partial charge in [0.25, 0.3) is 5.56 Å². The normalized spacial score (nSPS) is 11.0. The van der Waals surface area contributed by atoms with Crippen LogP contribution < -0.4 is 15.0 Å². The van der Waals surface area contributed by atoms with Crippen LogP contribution in [0.3, 0.4) is 0 Å². The van der Waals surface area contributed by atoms with Crippen molar-refractivity contribution in [3.05, 3.63) is 58.4 Å². The number of hydrogen-bond donors (Lipinski definition) is 0. The molecular weight excluding hydrogens is 388 g/mol. The van der Waals surface area contributed by atoms with Crippen molar-refractivity contribution in [2.24, 2.45) is 0 Å². The van der Waals surface area contributed by atoms with Gasteiger partial charge in [-0.15, -0.1) is 0 Å². The van der Waals surface area contributed by atoms with Gasteiger partial charge in [0.15, 0.2) is 5.16 Å². The van der Waals surface area contributed by atoms with Gasteiger partial charge in [-0.2, -0.15) is 0 Å². The first-order valence-corrected chi connectivity index (χ1v) is 10.6. The summed E-state index contributed by atoms with van der Waals surface area (Å²) in [6.07, 6.45) is 0.754. The van der Waals surface area contributed by atoms with E-state index in [1.807, 2.05) is 49.4 Å². The Morgan fingerprint density at radius 3 is 2.69 bits per heavy atom. The maximum atomic E-state index is 13.1. The Kier molecular flexibility index (Phi) is 7.55. The van der Waals surface area contributed by atoms with Gasteiger partial charge in [-0.05, 0) is 43.7 Å². The number of nitrogens with zero attached hydrogens (tertiary/aromatic N) is 2. The average Bonchev–Trinajstić information content (AvgIpc) is 2.76. The van der Waals surface area contributed by atoms with Crippen LogP contribution in [0, 0.1) is 0 Å². The lowest BCUT2D eigenvalue weighted by molar-refractivity contribution is 0.140. The van der Waals surface area contributed by atoms with Crippen LogP contribution in [-0.4, -0.2) is 37.0 Å². The predicted molar refractivity (Wildman–Crippen MR) is 116 cm³/mol. The van der Waals surface area contributed by atoms with E-state index < -0.39 is 0 Å². The lowest BCUT2D eigenvalue weighted by Gasteiger charge is -2.14.